The molecule has 1 aromatic heterocycles. The molecule has 2 unspecified atom stereocenters. The summed E-state index contributed by atoms with van der Waals surface area (Å²) >= 11 is 6.43. The highest BCUT2D eigenvalue weighted by molar-refractivity contribution is 6.30. The molecular weight excluding hydrogens is 310 g/mol. The lowest BCUT2D eigenvalue weighted by molar-refractivity contribution is 0.102. The zero-order valence-corrected chi connectivity index (χ0v) is 14.3. The molecule has 23 heavy (non-hydrogen) atoms. The first kappa shape index (κ1) is 16.2. The SMILES string of the molecule is CCc1c(Cl)nc(-c2ccccc2)nc1N1CCC(C)C(O)C1. The lowest BCUT2D eigenvalue weighted by Crippen LogP contribution is -2.43. The van der Waals surface area contributed by atoms with Crippen LogP contribution in [0.25, 0.3) is 11.4 Å². The molecule has 0 spiro atoms. The minimum absolute atomic E-state index is 0.322. The second-order valence-electron chi connectivity index (χ2n) is 6.14. The number of rotatable bonds is 3. The van der Waals surface area contributed by atoms with Gasteiger partial charge in [0.1, 0.15) is 11.0 Å². The molecule has 1 aliphatic rings. The molecule has 4 nitrogen and oxygen atoms in total. The molecule has 2 atom stereocenters. The summed E-state index contributed by atoms with van der Waals surface area (Å²) in [5.74, 6) is 1.82. The number of β-amino-alcohol motifs (C(OH)–C–C–N with tert-alkyl or cyclic N) is 1. The van der Waals surface area contributed by atoms with E-state index in [1.54, 1.807) is 0 Å². The first-order valence-electron chi connectivity index (χ1n) is 8.15. The third-order valence-corrected chi connectivity index (χ3v) is 4.85. The predicted octanol–water partition coefficient (Wildman–Crippen LogP) is 3.57. The molecule has 122 valence electrons. The highest BCUT2D eigenvalue weighted by Gasteiger charge is 2.27. The number of aromatic nitrogens is 2. The van der Waals surface area contributed by atoms with Crippen molar-refractivity contribution in [1.29, 1.82) is 0 Å². The second-order valence-corrected chi connectivity index (χ2v) is 6.50. The molecule has 1 aromatic carbocycles. The monoisotopic (exact) mass is 331 g/mol. The number of anilines is 1. The maximum atomic E-state index is 10.2. The lowest BCUT2D eigenvalue weighted by atomic mass is 9.96. The van der Waals surface area contributed by atoms with Crippen molar-refractivity contribution in [3.63, 3.8) is 0 Å². The van der Waals surface area contributed by atoms with E-state index in [1.807, 2.05) is 30.3 Å². The van der Waals surface area contributed by atoms with Gasteiger partial charge in [0, 0.05) is 24.2 Å². The largest absolute Gasteiger partial charge is 0.391 e. The average molecular weight is 332 g/mol. The number of nitrogens with zero attached hydrogens (tertiary/aromatic N) is 3. The van der Waals surface area contributed by atoms with E-state index >= 15 is 0 Å². The molecular formula is C18H22ClN3O. The molecule has 1 fully saturated rings. The molecule has 0 bridgehead atoms. The summed E-state index contributed by atoms with van der Waals surface area (Å²) in [6, 6.07) is 9.86. The quantitative estimate of drug-likeness (QED) is 0.874. The van der Waals surface area contributed by atoms with Gasteiger partial charge >= 0.3 is 0 Å². The van der Waals surface area contributed by atoms with Gasteiger partial charge < -0.3 is 10.0 Å². The van der Waals surface area contributed by atoms with Gasteiger partial charge in [-0.05, 0) is 18.8 Å². The summed E-state index contributed by atoms with van der Waals surface area (Å²) in [5, 5.41) is 10.7. The van der Waals surface area contributed by atoms with Gasteiger partial charge in [-0.2, -0.15) is 0 Å². The van der Waals surface area contributed by atoms with Gasteiger partial charge in [-0.1, -0.05) is 55.8 Å². The molecule has 0 amide bonds. The number of aliphatic hydroxyl groups is 1. The normalized spacial score (nSPS) is 21.5. The van der Waals surface area contributed by atoms with Gasteiger partial charge in [-0.3, -0.25) is 0 Å². The summed E-state index contributed by atoms with van der Waals surface area (Å²) < 4.78 is 0. The van der Waals surface area contributed by atoms with Crippen LogP contribution < -0.4 is 4.90 Å². The fourth-order valence-corrected chi connectivity index (χ4v) is 3.27. The molecule has 5 heteroatoms. The van der Waals surface area contributed by atoms with Crippen molar-refractivity contribution >= 4 is 17.4 Å². The smallest absolute Gasteiger partial charge is 0.163 e. The zero-order chi connectivity index (χ0) is 16.4. The fraction of sp³-hybridized carbons (Fsp3) is 0.444. The third-order valence-electron chi connectivity index (χ3n) is 4.54. The van der Waals surface area contributed by atoms with E-state index in [0.717, 1.165) is 36.3 Å². The molecule has 0 radical (unpaired) electrons. The van der Waals surface area contributed by atoms with Crippen LogP contribution in [0.1, 0.15) is 25.8 Å². The van der Waals surface area contributed by atoms with Crippen LogP contribution in [0.4, 0.5) is 5.82 Å². The Bertz CT molecular complexity index is 677. The Kier molecular flexibility index (Phi) is 4.83. The molecule has 0 aliphatic carbocycles. The highest BCUT2D eigenvalue weighted by atomic mass is 35.5. The molecule has 3 rings (SSSR count). The maximum Gasteiger partial charge on any atom is 0.163 e. The van der Waals surface area contributed by atoms with Crippen LogP contribution in [-0.4, -0.2) is 34.3 Å². The van der Waals surface area contributed by atoms with Crippen molar-refractivity contribution < 1.29 is 5.11 Å². The Hall–Kier alpha value is -1.65. The van der Waals surface area contributed by atoms with Gasteiger partial charge in [-0.25, -0.2) is 9.97 Å². The van der Waals surface area contributed by atoms with Crippen LogP contribution in [-0.2, 0) is 6.42 Å². The number of hydrogen-bond acceptors (Lipinski definition) is 4. The van der Waals surface area contributed by atoms with Crippen molar-refractivity contribution in [3.05, 3.63) is 41.0 Å². The third kappa shape index (κ3) is 3.33. The second kappa shape index (κ2) is 6.85. The van der Waals surface area contributed by atoms with E-state index in [2.05, 4.69) is 23.7 Å². The van der Waals surface area contributed by atoms with Gasteiger partial charge in [-0.15, -0.1) is 0 Å². The van der Waals surface area contributed by atoms with Crippen molar-refractivity contribution in [2.75, 3.05) is 18.0 Å². The average Bonchev–Trinajstić information content (AvgIpc) is 2.57. The molecule has 2 aromatic rings. The van der Waals surface area contributed by atoms with E-state index in [4.69, 9.17) is 16.6 Å². The Morgan fingerprint density at radius 3 is 2.65 bits per heavy atom. The summed E-state index contributed by atoms with van der Waals surface area (Å²) in [4.78, 5) is 11.4. The Labute approximate surface area is 142 Å². The zero-order valence-electron chi connectivity index (χ0n) is 13.5. The van der Waals surface area contributed by atoms with E-state index in [0.29, 0.717) is 23.4 Å². The first-order chi connectivity index (χ1) is 11.1. The van der Waals surface area contributed by atoms with E-state index in [9.17, 15) is 5.11 Å². The fourth-order valence-electron chi connectivity index (χ4n) is 2.97. The van der Waals surface area contributed by atoms with Crippen molar-refractivity contribution in [3.8, 4) is 11.4 Å². The van der Waals surface area contributed by atoms with Crippen LogP contribution in [0.3, 0.4) is 0 Å². The number of benzene rings is 1. The Morgan fingerprint density at radius 2 is 2.00 bits per heavy atom. The molecule has 1 aliphatic heterocycles. The van der Waals surface area contributed by atoms with Crippen molar-refractivity contribution in [2.24, 2.45) is 5.92 Å². The Morgan fingerprint density at radius 1 is 1.26 bits per heavy atom. The standard InChI is InChI=1S/C18H22ClN3O/c1-3-14-16(19)20-17(13-7-5-4-6-8-13)21-18(14)22-10-9-12(2)15(23)11-22/h4-8,12,15,23H,3,9-11H2,1-2H3. The van der Waals surface area contributed by atoms with Gasteiger partial charge in [0.15, 0.2) is 5.82 Å². The molecule has 2 heterocycles. The topological polar surface area (TPSA) is 49.2 Å². The number of halogens is 1. The van der Waals surface area contributed by atoms with E-state index in [1.165, 1.54) is 0 Å². The van der Waals surface area contributed by atoms with E-state index < -0.39 is 0 Å². The number of hydrogen-bond donors (Lipinski definition) is 1. The first-order valence-corrected chi connectivity index (χ1v) is 8.52. The summed E-state index contributed by atoms with van der Waals surface area (Å²) in [6.45, 7) is 5.62. The highest BCUT2D eigenvalue weighted by Crippen LogP contribution is 2.31. The van der Waals surface area contributed by atoms with Crippen molar-refractivity contribution in [2.45, 2.75) is 32.8 Å². The van der Waals surface area contributed by atoms with Crippen LogP contribution in [0, 0.1) is 5.92 Å². The summed E-state index contributed by atoms with van der Waals surface area (Å²) in [7, 11) is 0. The number of aliphatic hydroxyl groups excluding tert-OH is 1. The minimum atomic E-state index is -0.331. The lowest BCUT2D eigenvalue weighted by Gasteiger charge is -2.36. The van der Waals surface area contributed by atoms with Gasteiger partial charge in [0.25, 0.3) is 0 Å². The Balaban J connectivity index is 2.02. The van der Waals surface area contributed by atoms with Crippen molar-refractivity contribution in [1.82, 2.24) is 9.97 Å². The van der Waals surface area contributed by atoms with Crippen LogP contribution in [0.5, 0.6) is 0 Å². The maximum absolute atomic E-state index is 10.2. The minimum Gasteiger partial charge on any atom is -0.391 e. The number of piperidine rings is 1. The van der Waals surface area contributed by atoms with Crippen LogP contribution in [0.15, 0.2) is 30.3 Å². The van der Waals surface area contributed by atoms with Gasteiger partial charge in [0.05, 0.1) is 6.10 Å². The van der Waals surface area contributed by atoms with Gasteiger partial charge in [0.2, 0.25) is 0 Å². The van der Waals surface area contributed by atoms with Crippen LogP contribution in [0.2, 0.25) is 5.15 Å². The molecule has 1 N–H and O–H groups in total. The summed E-state index contributed by atoms with van der Waals surface area (Å²) in [5.41, 5.74) is 1.90. The van der Waals surface area contributed by atoms with E-state index in [-0.39, 0.29) is 6.10 Å². The summed E-state index contributed by atoms with van der Waals surface area (Å²) in [6.07, 6.45) is 1.39. The molecule has 0 saturated carbocycles. The van der Waals surface area contributed by atoms with Crippen LogP contribution >= 0.6 is 11.6 Å². The molecule has 1 saturated heterocycles. The predicted molar refractivity (Wildman–Crippen MR) is 93.9 cm³/mol.